The van der Waals surface area contributed by atoms with Crippen molar-refractivity contribution in [1.82, 2.24) is 5.32 Å². The van der Waals surface area contributed by atoms with Crippen LogP contribution in [0.2, 0.25) is 0 Å². The number of hydrogen-bond acceptors (Lipinski definition) is 6. The molecule has 0 heterocycles. The van der Waals surface area contributed by atoms with E-state index >= 15 is 0 Å². The molecule has 0 bridgehead atoms. The number of carbonyl (C=O) groups excluding carboxylic acids is 2. The van der Waals surface area contributed by atoms with Crippen molar-refractivity contribution in [3.05, 3.63) is 57.2 Å². The lowest BCUT2D eigenvalue weighted by molar-refractivity contribution is -0.119. The van der Waals surface area contributed by atoms with Gasteiger partial charge in [-0.15, -0.1) is 0 Å². The number of benzene rings is 1. The van der Waals surface area contributed by atoms with Gasteiger partial charge in [-0.3, -0.25) is 9.59 Å². The van der Waals surface area contributed by atoms with Crippen molar-refractivity contribution in [2.24, 2.45) is 0 Å². The minimum absolute atomic E-state index is 0.206. The third-order valence-corrected chi connectivity index (χ3v) is 5.88. The van der Waals surface area contributed by atoms with Gasteiger partial charge in [0.05, 0.1) is 32.5 Å². The van der Waals surface area contributed by atoms with Crippen molar-refractivity contribution in [1.29, 1.82) is 0 Å². The molecule has 29 heavy (non-hydrogen) atoms. The van der Waals surface area contributed by atoms with Gasteiger partial charge in [0.1, 0.15) is 0 Å². The molecular formula is C22H27NO6. The maximum atomic E-state index is 12.6. The summed E-state index contributed by atoms with van der Waals surface area (Å²) in [7, 11) is 0. The van der Waals surface area contributed by atoms with Gasteiger partial charge in [0.2, 0.25) is 5.91 Å². The molecule has 2 atom stereocenters. The minimum Gasteiger partial charge on any atom is -0.392 e. The second-order valence-corrected chi connectivity index (χ2v) is 7.52. The predicted octanol–water partition coefficient (Wildman–Crippen LogP) is 0.516. The molecule has 5 N–H and O–H groups in total. The Labute approximate surface area is 169 Å². The standard InChI is InChI=1S/C22H27NO6/c1-12(28)23-20-5-3-13-6-15(9-25)18(10-26)19(11-27)22(13)16-4-2-14(8-24)21(29)7-17(16)20/h2,6-7,16,20,24-27H,3-5,8-11H2,1H3,(H,23,28). The summed E-state index contributed by atoms with van der Waals surface area (Å²) in [6.07, 6.45) is 4.77. The molecule has 0 saturated heterocycles. The Morgan fingerprint density at radius 2 is 1.83 bits per heavy atom. The zero-order valence-corrected chi connectivity index (χ0v) is 16.4. The van der Waals surface area contributed by atoms with Crippen LogP contribution in [0.1, 0.15) is 53.5 Å². The summed E-state index contributed by atoms with van der Waals surface area (Å²) in [5.41, 5.74) is 4.40. The molecular weight excluding hydrogens is 374 g/mol. The summed E-state index contributed by atoms with van der Waals surface area (Å²) in [4.78, 5) is 24.4. The molecule has 0 radical (unpaired) electrons. The smallest absolute Gasteiger partial charge is 0.217 e. The van der Waals surface area contributed by atoms with Crippen molar-refractivity contribution in [3.63, 3.8) is 0 Å². The van der Waals surface area contributed by atoms with E-state index in [-0.39, 0.29) is 50.1 Å². The van der Waals surface area contributed by atoms with Crippen LogP contribution in [0.4, 0.5) is 0 Å². The van der Waals surface area contributed by atoms with Gasteiger partial charge in [0.25, 0.3) is 0 Å². The molecule has 0 aliphatic heterocycles. The average Bonchev–Trinajstić information content (AvgIpc) is 2.95. The normalized spacial score (nSPS) is 21.3. The Morgan fingerprint density at radius 1 is 1.10 bits per heavy atom. The number of aliphatic hydroxyl groups excluding tert-OH is 4. The fraction of sp³-hybridized carbons (Fsp3) is 0.455. The van der Waals surface area contributed by atoms with E-state index in [1.165, 1.54) is 13.0 Å². The molecule has 3 rings (SSSR count). The summed E-state index contributed by atoms with van der Waals surface area (Å²) in [6, 6.07) is 1.49. The summed E-state index contributed by atoms with van der Waals surface area (Å²) in [5.74, 6) is -0.789. The SMILES string of the molecule is CC(=O)NC1CCc2cc(CO)c(CO)c(CO)c2C2CC=C(CO)C(=O)C=C12. The van der Waals surface area contributed by atoms with Crippen molar-refractivity contribution >= 4 is 11.7 Å². The number of aliphatic hydroxyl groups is 4. The average molecular weight is 401 g/mol. The molecule has 0 aromatic heterocycles. The number of allylic oxidation sites excluding steroid dienone is 2. The van der Waals surface area contributed by atoms with Crippen LogP contribution in [0.25, 0.3) is 0 Å². The zero-order chi connectivity index (χ0) is 21.1. The van der Waals surface area contributed by atoms with Gasteiger partial charge < -0.3 is 25.7 Å². The molecule has 2 unspecified atom stereocenters. The van der Waals surface area contributed by atoms with Crippen molar-refractivity contribution < 1.29 is 30.0 Å². The van der Waals surface area contributed by atoms with E-state index in [2.05, 4.69) is 5.32 Å². The molecule has 0 spiro atoms. The number of aryl methyl sites for hydroxylation is 1. The lowest BCUT2D eigenvalue weighted by Gasteiger charge is -2.27. The number of amides is 1. The highest BCUT2D eigenvalue weighted by Crippen LogP contribution is 2.43. The third kappa shape index (κ3) is 4.04. The van der Waals surface area contributed by atoms with Crippen LogP contribution in [-0.4, -0.2) is 44.8 Å². The largest absolute Gasteiger partial charge is 0.392 e. The molecule has 1 amide bonds. The van der Waals surface area contributed by atoms with Crippen LogP contribution < -0.4 is 5.32 Å². The van der Waals surface area contributed by atoms with Crippen LogP contribution >= 0.6 is 0 Å². The first-order chi connectivity index (χ1) is 13.9. The minimum atomic E-state index is -0.370. The summed E-state index contributed by atoms with van der Waals surface area (Å²) >= 11 is 0. The summed E-state index contributed by atoms with van der Waals surface area (Å²) < 4.78 is 0. The maximum Gasteiger partial charge on any atom is 0.217 e. The van der Waals surface area contributed by atoms with E-state index < -0.39 is 0 Å². The molecule has 0 saturated carbocycles. The lowest BCUT2D eigenvalue weighted by Crippen LogP contribution is -2.36. The van der Waals surface area contributed by atoms with Crippen molar-refractivity contribution in [2.75, 3.05) is 6.61 Å². The van der Waals surface area contributed by atoms with E-state index in [0.29, 0.717) is 41.5 Å². The maximum absolute atomic E-state index is 12.6. The second-order valence-electron chi connectivity index (χ2n) is 7.52. The Bertz CT molecular complexity index is 886. The highest BCUT2D eigenvalue weighted by molar-refractivity contribution is 6.05. The van der Waals surface area contributed by atoms with E-state index in [9.17, 15) is 30.0 Å². The number of rotatable bonds is 5. The van der Waals surface area contributed by atoms with E-state index in [0.717, 1.165) is 16.7 Å². The molecule has 156 valence electrons. The van der Waals surface area contributed by atoms with Crippen LogP contribution in [0.3, 0.4) is 0 Å². The molecule has 0 fully saturated rings. The molecule has 7 heteroatoms. The molecule has 2 aliphatic carbocycles. The highest BCUT2D eigenvalue weighted by Gasteiger charge is 2.34. The molecule has 2 aliphatic rings. The predicted molar refractivity (Wildman–Crippen MR) is 106 cm³/mol. The zero-order valence-electron chi connectivity index (χ0n) is 16.4. The monoisotopic (exact) mass is 401 g/mol. The number of ketones is 1. The fourth-order valence-corrected chi connectivity index (χ4v) is 4.56. The number of hydrogen-bond donors (Lipinski definition) is 5. The second kappa shape index (κ2) is 9.00. The fourth-order valence-electron chi connectivity index (χ4n) is 4.56. The van der Waals surface area contributed by atoms with Gasteiger partial charge in [-0.1, -0.05) is 12.1 Å². The van der Waals surface area contributed by atoms with E-state index in [1.54, 1.807) is 6.08 Å². The topological polar surface area (TPSA) is 127 Å². The molecule has 1 aromatic rings. The Morgan fingerprint density at radius 3 is 2.41 bits per heavy atom. The summed E-state index contributed by atoms with van der Waals surface area (Å²) in [6.45, 7) is 0.162. The van der Waals surface area contributed by atoms with Crippen LogP contribution in [0.15, 0.2) is 29.4 Å². The van der Waals surface area contributed by atoms with Gasteiger partial charge in [0, 0.05) is 18.4 Å². The van der Waals surface area contributed by atoms with Crippen molar-refractivity contribution in [3.8, 4) is 0 Å². The summed E-state index contributed by atoms with van der Waals surface area (Å²) in [5, 5.41) is 42.2. The Balaban J connectivity index is 2.26. The quantitative estimate of drug-likeness (QED) is 0.489. The first-order valence-electron chi connectivity index (χ1n) is 9.76. The lowest BCUT2D eigenvalue weighted by atomic mass is 9.80. The van der Waals surface area contributed by atoms with Gasteiger partial charge in [-0.25, -0.2) is 0 Å². The van der Waals surface area contributed by atoms with Crippen LogP contribution in [0, 0.1) is 0 Å². The highest BCUT2D eigenvalue weighted by atomic mass is 16.3. The van der Waals surface area contributed by atoms with Gasteiger partial charge in [-0.05, 0) is 58.7 Å². The van der Waals surface area contributed by atoms with Crippen LogP contribution in [0.5, 0.6) is 0 Å². The van der Waals surface area contributed by atoms with Crippen LogP contribution in [-0.2, 0) is 35.8 Å². The Kier molecular flexibility index (Phi) is 6.64. The Hall–Kier alpha value is -2.32. The number of nitrogens with one attached hydrogen (secondary N) is 1. The number of carbonyl (C=O) groups is 2. The first-order valence-corrected chi connectivity index (χ1v) is 9.76. The third-order valence-electron chi connectivity index (χ3n) is 5.88. The number of fused-ring (bicyclic) bond motifs is 3. The van der Waals surface area contributed by atoms with E-state index in [4.69, 9.17) is 0 Å². The molecule has 1 aromatic carbocycles. The van der Waals surface area contributed by atoms with Gasteiger partial charge >= 0.3 is 0 Å². The van der Waals surface area contributed by atoms with Crippen molar-refractivity contribution in [2.45, 2.75) is 58.0 Å². The van der Waals surface area contributed by atoms with Gasteiger partial charge in [-0.2, -0.15) is 0 Å². The molecule has 7 nitrogen and oxygen atoms in total. The van der Waals surface area contributed by atoms with E-state index in [1.807, 2.05) is 6.07 Å². The first kappa shape index (κ1) is 21.4. The van der Waals surface area contributed by atoms with Gasteiger partial charge in [0.15, 0.2) is 5.78 Å².